The van der Waals surface area contributed by atoms with Crippen LogP contribution in [0.5, 0.6) is 0 Å². The van der Waals surface area contributed by atoms with Crippen LogP contribution in [0, 0.1) is 0 Å². The van der Waals surface area contributed by atoms with E-state index in [-0.39, 0.29) is 24.1 Å². The molecule has 1 saturated heterocycles. The molecule has 2 amide bonds. The van der Waals surface area contributed by atoms with Gasteiger partial charge >= 0.3 is 6.09 Å². The van der Waals surface area contributed by atoms with Crippen LogP contribution in [0.4, 0.5) is 4.79 Å². The molecule has 0 aromatic rings. The lowest BCUT2D eigenvalue weighted by Gasteiger charge is -2.30. The van der Waals surface area contributed by atoms with Crippen molar-refractivity contribution in [2.75, 3.05) is 20.1 Å². The smallest absolute Gasteiger partial charge is 0.410 e. The van der Waals surface area contributed by atoms with Crippen molar-refractivity contribution in [1.29, 1.82) is 0 Å². The van der Waals surface area contributed by atoms with Crippen LogP contribution in [-0.4, -0.2) is 54.7 Å². The molecule has 1 fully saturated rings. The van der Waals surface area contributed by atoms with Gasteiger partial charge in [-0.3, -0.25) is 4.79 Å². The Morgan fingerprint density at radius 2 is 2.05 bits per heavy atom. The van der Waals surface area contributed by atoms with E-state index < -0.39 is 5.60 Å². The van der Waals surface area contributed by atoms with Gasteiger partial charge in [-0.05, 0) is 47.0 Å². The van der Waals surface area contributed by atoms with E-state index in [1.54, 1.807) is 7.05 Å². The van der Waals surface area contributed by atoms with Crippen molar-refractivity contribution < 1.29 is 14.3 Å². The Balaban J connectivity index is 2.39. The van der Waals surface area contributed by atoms with E-state index in [0.717, 1.165) is 25.8 Å². The second-order valence-electron chi connectivity index (χ2n) is 6.98. The Kier molecular flexibility index (Phi) is 7.13. The largest absolute Gasteiger partial charge is 0.444 e. The maximum atomic E-state index is 12.2. The number of carbonyl (C=O) groups excluding carboxylic acids is 2. The van der Waals surface area contributed by atoms with Crippen LogP contribution in [0.25, 0.3) is 0 Å². The molecular weight excluding hydrogens is 282 g/mol. The number of likely N-dealkylation sites (tertiary alicyclic amines) is 1. The topological polar surface area (TPSA) is 70.7 Å². The molecule has 22 heavy (non-hydrogen) atoms. The van der Waals surface area contributed by atoms with Gasteiger partial charge in [0.2, 0.25) is 5.91 Å². The number of amides is 2. The van der Waals surface area contributed by atoms with Crippen molar-refractivity contribution in [3.63, 3.8) is 0 Å². The molecule has 1 aliphatic heterocycles. The third-order valence-corrected chi connectivity index (χ3v) is 3.75. The zero-order chi connectivity index (χ0) is 16.8. The summed E-state index contributed by atoms with van der Waals surface area (Å²) in [7, 11) is 1.64. The van der Waals surface area contributed by atoms with Gasteiger partial charge in [-0.15, -0.1) is 0 Å². The first kappa shape index (κ1) is 18.7. The minimum atomic E-state index is -0.457. The van der Waals surface area contributed by atoms with Crippen molar-refractivity contribution in [3.8, 4) is 0 Å². The molecule has 1 rings (SSSR count). The molecule has 2 unspecified atom stereocenters. The van der Waals surface area contributed by atoms with Crippen LogP contribution in [0.3, 0.4) is 0 Å². The first-order chi connectivity index (χ1) is 10.2. The number of rotatable bonds is 6. The fourth-order valence-corrected chi connectivity index (χ4v) is 2.69. The molecule has 0 spiro atoms. The molecular formula is C16H31N3O3. The standard InChI is InChI=1S/C16H31N3O3/c1-12(18-9-8-14(20)17-5)11-13-7-6-10-19(13)15(21)22-16(2,3)4/h12-13,18H,6-11H2,1-5H3,(H,17,20). The monoisotopic (exact) mass is 313 g/mol. The molecule has 2 N–H and O–H groups in total. The number of nitrogens with zero attached hydrogens (tertiary/aromatic N) is 1. The highest BCUT2D eigenvalue weighted by Gasteiger charge is 2.32. The lowest BCUT2D eigenvalue weighted by Crippen LogP contribution is -2.43. The van der Waals surface area contributed by atoms with Crippen LogP contribution in [0.15, 0.2) is 0 Å². The van der Waals surface area contributed by atoms with Crippen molar-refractivity contribution in [2.45, 2.75) is 71.1 Å². The fraction of sp³-hybridized carbons (Fsp3) is 0.875. The molecule has 0 bridgehead atoms. The van der Waals surface area contributed by atoms with Gasteiger partial charge in [0.1, 0.15) is 5.60 Å². The maximum absolute atomic E-state index is 12.2. The van der Waals surface area contributed by atoms with Gasteiger partial charge in [0.15, 0.2) is 0 Å². The minimum Gasteiger partial charge on any atom is -0.444 e. The minimum absolute atomic E-state index is 0.0379. The van der Waals surface area contributed by atoms with Gasteiger partial charge in [-0.25, -0.2) is 4.79 Å². The molecule has 128 valence electrons. The zero-order valence-corrected chi connectivity index (χ0v) is 14.6. The number of carbonyl (C=O) groups is 2. The molecule has 0 radical (unpaired) electrons. The first-order valence-electron chi connectivity index (χ1n) is 8.16. The number of nitrogens with one attached hydrogen (secondary N) is 2. The first-order valence-corrected chi connectivity index (χ1v) is 8.16. The Labute approximate surface area is 134 Å². The SMILES string of the molecule is CNC(=O)CCNC(C)CC1CCCN1C(=O)OC(C)(C)C. The highest BCUT2D eigenvalue weighted by molar-refractivity contribution is 5.75. The summed E-state index contributed by atoms with van der Waals surface area (Å²) in [6, 6.07) is 0.482. The van der Waals surface area contributed by atoms with Gasteiger partial charge in [0.25, 0.3) is 0 Å². The van der Waals surface area contributed by atoms with Gasteiger partial charge in [0.05, 0.1) is 0 Å². The van der Waals surface area contributed by atoms with Crippen molar-refractivity contribution in [3.05, 3.63) is 0 Å². The molecule has 0 aromatic carbocycles. The quantitative estimate of drug-likeness (QED) is 0.785. The third-order valence-electron chi connectivity index (χ3n) is 3.75. The van der Waals surface area contributed by atoms with Crippen LogP contribution in [0.1, 0.15) is 53.4 Å². The number of hydrogen-bond acceptors (Lipinski definition) is 4. The average molecular weight is 313 g/mol. The normalized spacial score (nSPS) is 19.9. The maximum Gasteiger partial charge on any atom is 0.410 e. The average Bonchev–Trinajstić information content (AvgIpc) is 2.84. The summed E-state index contributed by atoms with van der Waals surface area (Å²) in [6.07, 6.45) is 3.18. The van der Waals surface area contributed by atoms with E-state index in [1.807, 2.05) is 25.7 Å². The summed E-state index contributed by atoms with van der Waals surface area (Å²) in [5.41, 5.74) is -0.457. The fourth-order valence-electron chi connectivity index (χ4n) is 2.69. The summed E-state index contributed by atoms with van der Waals surface area (Å²) in [4.78, 5) is 25.3. The van der Waals surface area contributed by atoms with E-state index in [4.69, 9.17) is 4.74 Å². The second kappa shape index (κ2) is 8.36. The van der Waals surface area contributed by atoms with E-state index in [9.17, 15) is 9.59 Å². The summed E-state index contributed by atoms with van der Waals surface area (Å²) in [5, 5.41) is 5.95. The third kappa shape index (κ3) is 6.64. The predicted octanol–water partition coefficient (Wildman–Crippen LogP) is 1.89. The molecule has 1 heterocycles. The van der Waals surface area contributed by atoms with Crippen molar-refractivity contribution in [2.24, 2.45) is 0 Å². The summed E-state index contributed by atoms with van der Waals surface area (Å²) in [6.45, 7) is 9.18. The van der Waals surface area contributed by atoms with Crippen LogP contribution in [0.2, 0.25) is 0 Å². The number of ether oxygens (including phenoxy) is 1. The molecule has 6 nitrogen and oxygen atoms in total. The summed E-state index contributed by atoms with van der Waals surface area (Å²) < 4.78 is 5.47. The summed E-state index contributed by atoms with van der Waals surface area (Å²) >= 11 is 0. The molecule has 2 atom stereocenters. The molecule has 0 aromatic heterocycles. The van der Waals surface area contributed by atoms with Crippen LogP contribution < -0.4 is 10.6 Å². The van der Waals surface area contributed by atoms with Crippen molar-refractivity contribution in [1.82, 2.24) is 15.5 Å². The molecule has 6 heteroatoms. The lowest BCUT2D eigenvalue weighted by atomic mass is 10.1. The Hall–Kier alpha value is -1.30. The molecule has 1 aliphatic rings. The van der Waals surface area contributed by atoms with E-state index in [0.29, 0.717) is 13.0 Å². The molecule has 0 saturated carbocycles. The van der Waals surface area contributed by atoms with Crippen molar-refractivity contribution >= 4 is 12.0 Å². The Morgan fingerprint density at radius 1 is 1.36 bits per heavy atom. The second-order valence-corrected chi connectivity index (χ2v) is 6.98. The lowest BCUT2D eigenvalue weighted by molar-refractivity contribution is -0.120. The van der Waals surface area contributed by atoms with Gasteiger partial charge in [-0.2, -0.15) is 0 Å². The van der Waals surface area contributed by atoms with Gasteiger partial charge in [0, 0.05) is 38.6 Å². The van der Waals surface area contributed by atoms with Gasteiger partial charge in [-0.1, -0.05) is 0 Å². The summed E-state index contributed by atoms with van der Waals surface area (Å²) in [5.74, 6) is 0.0379. The number of hydrogen-bond donors (Lipinski definition) is 2. The highest BCUT2D eigenvalue weighted by Crippen LogP contribution is 2.24. The Bertz CT molecular complexity index is 379. The van der Waals surface area contributed by atoms with E-state index in [2.05, 4.69) is 17.6 Å². The van der Waals surface area contributed by atoms with Crippen LogP contribution in [-0.2, 0) is 9.53 Å². The van der Waals surface area contributed by atoms with E-state index >= 15 is 0 Å². The predicted molar refractivity (Wildman–Crippen MR) is 86.7 cm³/mol. The Morgan fingerprint density at radius 3 is 2.64 bits per heavy atom. The zero-order valence-electron chi connectivity index (χ0n) is 14.6. The highest BCUT2D eigenvalue weighted by atomic mass is 16.6. The van der Waals surface area contributed by atoms with Gasteiger partial charge < -0.3 is 20.3 Å². The molecule has 0 aliphatic carbocycles. The van der Waals surface area contributed by atoms with E-state index in [1.165, 1.54) is 0 Å². The van der Waals surface area contributed by atoms with Crippen LogP contribution >= 0.6 is 0 Å².